The predicted octanol–water partition coefficient (Wildman–Crippen LogP) is 5.86. The highest BCUT2D eigenvalue weighted by Gasteiger charge is 2.36. The minimum Gasteiger partial charge on any atom is -0.480 e. The van der Waals surface area contributed by atoms with E-state index in [-0.39, 0.29) is 17.9 Å². The van der Waals surface area contributed by atoms with Crippen molar-refractivity contribution in [1.82, 2.24) is 29.5 Å². The Morgan fingerprint density at radius 1 is 1.02 bits per heavy atom. The van der Waals surface area contributed by atoms with Crippen LogP contribution in [0.1, 0.15) is 61.6 Å². The van der Waals surface area contributed by atoms with Gasteiger partial charge in [0.2, 0.25) is 5.88 Å². The van der Waals surface area contributed by atoms with Crippen LogP contribution in [0.5, 0.6) is 5.88 Å². The van der Waals surface area contributed by atoms with Crippen molar-refractivity contribution in [3.63, 3.8) is 0 Å². The fourth-order valence-electron chi connectivity index (χ4n) is 5.19. The molecule has 12 heteroatoms. The molecule has 1 aliphatic heterocycles. The number of hydrogen-bond donors (Lipinski definition) is 0. The molecule has 214 valence electrons. The number of morpholine rings is 1. The first-order valence-corrected chi connectivity index (χ1v) is 13.6. The Morgan fingerprint density at radius 3 is 2.49 bits per heavy atom. The summed E-state index contributed by atoms with van der Waals surface area (Å²) in [6, 6.07) is 8.96. The molecule has 1 unspecified atom stereocenters. The molecule has 6 rings (SSSR count). The predicted molar refractivity (Wildman–Crippen MR) is 146 cm³/mol. The third kappa shape index (κ3) is 5.35. The molecule has 2 fully saturated rings. The van der Waals surface area contributed by atoms with E-state index in [9.17, 15) is 13.2 Å². The topological polar surface area (TPSA) is 91.1 Å². The van der Waals surface area contributed by atoms with Gasteiger partial charge in [0, 0.05) is 36.5 Å². The molecule has 4 heterocycles. The second-order valence-corrected chi connectivity index (χ2v) is 10.5. The van der Waals surface area contributed by atoms with Gasteiger partial charge in [0.15, 0.2) is 11.5 Å². The van der Waals surface area contributed by atoms with Crippen molar-refractivity contribution in [2.45, 2.75) is 50.9 Å². The van der Waals surface area contributed by atoms with Crippen molar-refractivity contribution >= 4 is 5.82 Å². The standard InChI is InChI=1S/C29H30F3N7O2/c1-17(2)39-14-22(29(30,31)32)36-27(39)20-8-4-18(5-9-20)21-15-41-13-12-38(21)23-10-11-33-26(37-23)24-25(19-6-7-19)34-16-35-28(24)40-3/h4-5,8-11,14,16-17,19,21H,6-7,12-13,15H2,1-3H3. The van der Waals surface area contributed by atoms with E-state index in [1.54, 1.807) is 17.9 Å². The maximum Gasteiger partial charge on any atom is 0.434 e. The third-order valence-corrected chi connectivity index (χ3v) is 7.42. The van der Waals surface area contributed by atoms with Gasteiger partial charge in [0.1, 0.15) is 23.5 Å². The highest BCUT2D eigenvalue weighted by molar-refractivity contribution is 5.67. The summed E-state index contributed by atoms with van der Waals surface area (Å²) in [7, 11) is 1.57. The molecule has 0 radical (unpaired) electrons. The van der Waals surface area contributed by atoms with Crippen molar-refractivity contribution in [1.29, 1.82) is 0 Å². The Morgan fingerprint density at radius 2 is 1.80 bits per heavy atom. The Kier molecular flexibility index (Phi) is 7.10. The second-order valence-electron chi connectivity index (χ2n) is 10.5. The van der Waals surface area contributed by atoms with Crippen LogP contribution in [0, 0.1) is 0 Å². The lowest BCUT2D eigenvalue weighted by molar-refractivity contribution is -0.140. The highest BCUT2D eigenvalue weighted by Crippen LogP contribution is 2.45. The Bertz CT molecular complexity index is 1530. The largest absolute Gasteiger partial charge is 0.480 e. The summed E-state index contributed by atoms with van der Waals surface area (Å²) in [4.78, 5) is 24.4. The van der Waals surface area contributed by atoms with Crippen LogP contribution < -0.4 is 9.64 Å². The van der Waals surface area contributed by atoms with E-state index in [4.69, 9.17) is 14.5 Å². The molecule has 2 aliphatic rings. The Balaban J connectivity index is 1.32. The average Bonchev–Trinajstić information content (AvgIpc) is 3.72. The van der Waals surface area contributed by atoms with Crippen molar-refractivity contribution in [3.8, 4) is 28.7 Å². The van der Waals surface area contributed by atoms with E-state index < -0.39 is 11.9 Å². The van der Waals surface area contributed by atoms with Gasteiger partial charge >= 0.3 is 6.18 Å². The normalized spacial score (nSPS) is 17.7. The second kappa shape index (κ2) is 10.7. The molecule has 1 saturated heterocycles. The molecule has 0 spiro atoms. The van der Waals surface area contributed by atoms with E-state index in [1.165, 1.54) is 6.33 Å². The summed E-state index contributed by atoms with van der Waals surface area (Å²) in [6.45, 7) is 5.23. The molecular weight excluding hydrogens is 535 g/mol. The monoisotopic (exact) mass is 565 g/mol. The summed E-state index contributed by atoms with van der Waals surface area (Å²) in [6.07, 6.45) is 1.91. The van der Waals surface area contributed by atoms with Crippen molar-refractivity contribution in [2.75, 3.05) is 31.8 Å². The zero-order valence-corrected chi connectivity index (χ0v) is 23.0. The third-order valence-electron chi connectivity index (χ3n) is 7.42. The van der Waals surface area contributed by atoms with E-state index in [2.05, 4.69) is 24.8 Å². The molecule has 41 heavy (non-hydrogen) atoms. The summed E-state index contributed by atoms with van der Waals surface area (Å²) in [5, 5.41) is 0. The zero-order chi connectivity index (χ0) is 28.7. The van der Waals surface area contributed by atoms with Crippen LogP contribution >= 0.6 is 0 Å². The summed E-state index contributed by atoms with van der Waals surface area (Å²) in [5.41, 5.74) is 2.27. The fraction of sp³-hybridized carbons (Fsp3) is 0.414. The number of aromatic nitrogens is 6. The number of anilines is 1. The van der Waals surface area contributed by atoms with E-state index in [1.807, 2.05) is 44.2 Å². The van der Waals surface area contributed by atoms with Gasteiger partial charge in [-0.25, -0.2) is 24.9 Å². The Labute approximate surface area is 235 Å². The zero-order valence-electron chi connectivity index (χ0n) is 23.0. The van der Waals surface area contributed by atoms with Gasteiger partial charge in [0.05, 0.1) is 32.1 Å². The molecule has 1 aliphatic carbocycles. The molecule has 3 aromatic heterocycles. The number of alkyl halides is 3. The van der Waals surface area contributed by atoms with Crippen LogP contribution in [-0.4, -0.2) is 56.4 Å². The Hall–Kier alpha value is -4.06. The van der Waals surface area contributed by atoms with Crippen molar-refractivity contribution in [3.05, 3.63) is 66.0 Å². The molecule has 0 amide bonds. The fourth-order valence-corrected chi connectivity index (χ4v) is 5.19. The van der Waals surface area contributed by atoms with E-state index >= 15 is 0 Å². The first kappa shape index (κ1) is 27.1. The number of methoxy groups -OCH3 is 1. The highest BCUT2D eigenvalue weighted by atomic mass is 19.4. The number of rotatable bonds is 7. The molecular formula is C29H30F3N7O2. The molecule has 1 aromatic carbocycles. The SMILES string of the molecule is COc1ncnc(C2CC2)c1-c1nccc(N2CCOCC2c2ccc(-c3nc(C(F)(F)F)cn3C(C)C)cc2)n1. The molecule has 1 saturated carbocycles. The first-order valence-electron chi connectivity index (χ1n) is 13.6. The molecule has 0 bridgehead atoms. The number of ether oxygens (including phenoxy) is 2. The summed E-state index contributed by atoms with van der Waals surface area (Å²) in [5.74, 6) is 2.30. The average molecular weight is 566 g/mol. The van der Waals surface area contributed by atoms with Gasteiger partial charge in [-0.05, 0) is 38.3 Å². The van der Waals surface area contributed by atoms with Gasteiger partial charge in [-0.3, -0.25) is 0 Å². The van der Waals surface area contributed by atoms with Crippen LogP contribution in [0.3, 0.4) is 0 Å². The van der Waals surface area contributed by atoms with Crippen LogP contribution in [0.4, 0.5) is 19.0 Å². The van der Waals surface area contributed by atoms with Gasteiger partial charge in [-0.2, -0.15) is 13.2 Å². The smallest absolute Gasteiger partial charge is 0.434 e. The van der Waals surface area contributed by atoms with E-state index in [0.29, 0.717) is 48.5 Å². The van der Waals surface area contributed by atoms with Crippen LogP contribution in [0.15, 0.2) is 49.1 Å². The number of halogens is 3. The summed E-state index contributed by atoms with van der Waals surface area (Å²) >= 11 is 0. The van der Waals surface area contributed by atoms with Crippen LogP contribution in [-0.2, 0) is 10.9 Å². The van der Waals surface area contributed by atoms with Crippen LogP contribution in [0.2, 0.25) is 0 Å². The number of hydrogen-bond acceptors (Lipinski definition) is 8. The quantitative estimate of drug-likeness (QED) is 0.275. The first-order chi connectivity index (χ1) is 19.7. The van der Waals surface area contributed by atoms with E-state index in [0.717, 1.165) is 36.1 Å². The lowest BCUT2D eigenvalue weighted by Crippen LogP contribution is -2.40. The molecule has 1 atom stereocenters. The lowest BCUT2D eigenvalue weighted by atomic mass is 10.0. The molecule has 9 nitrogen and oxygen atoms in total. The number of benzene rings is 1. The minimum absolute atomic E-state index is 0.159. The van der Waals surface area contributed by atoms with Crippen LogP contribution in [0.25, 0.3) is 22.8 Å². The molecule has 0 N–H and O–H groups in total. The van der Waals surface area contributed by atoms with Gasteiger partial charge < -0.3 is 18.9 Å². The number of imidazole rings is 1. The van der Waals surface area contributed by atoms with Gasteiger partial charge in [-0.1, -0.05) is 24.3 Å². The minimum atomic E-state index is -4.51. The maximum atomic E-state index is 13.4. The maximum absolute atomic E-state index is 13.4. The molecule has 4 aromatic rings. The lowest BCUT2D eigenvalue weighted by Gasteiger charge is -2.37. The van der Waals surface area contributed by atoms with Crippen molar-refractivity contribution in [2.24, 2.45) is 0 Å². The summed E-state index contributed by atoms with van der Waals surface area (Å²) < 4.78 is 53.1. The van der Waals surface area contributed by atoms with Gasteiger partial charge in [-0.15, -0.1) is 0 Å². The van der Waals surface area contributed by atoms with Gasteiger partial charge in [0.25, 0.3) is 0 Å². The number of nitrogens with zero attached hydrogens (tertiary/aromatic N) is 7. The van der Waals surface area contributed by atoms with Crippen molar-refractivity contribution < 1.29 is 22.6 Å².